The van der Waals surface area contributed by atoms with Crippen molar-refractivity contribution in [1.82, 2.24) is 9.73 Å². The zero-order chi connectivity index (χ0) is 23.3. The van der Waals surface area contributed by atoms with Crippen LogP contribution in [0.3, 0.4) is 0 Å². The summed E-state index contributed by atoms with van der Waals surface area (Å²) in [5, 5.41) is 13.7. The Morgan fingerprint density at radius 3 is 2.41 bits per heavy atom. The maximum atomic E-state index is 12.7. The number of carbonyl (C=O) groups excluding carboxylic acids is 1. The number of phenols is 1. The Hall–Kier alpha value is -3.01. The van der Waals surface area contributed by atoms with Gasteiger partial charge in [-0.05, 0) is 55.0 Å². The summed E-state index contributed by atoms with van der Waals surface area (Å²) in [5.41, 5.74) is 4.95. The fraction of sp³-hybridized carbons (Fsp3) is 0.130. The molecule has 0 radical (unpaired) electrons. The molecule has 32 heavy (non-hydrogen) atoms. The second-order valence-corrected chi connectivity index (χ2v) is 10.1. The van der Waals surface area contributed by atoms with E-state index >= 15 is 0 Å². The van der Waals surface area contributed by atoms with Gasteiger partial charge in [0.1, 0.15) is 5.75 Å². The van der Waals surface area contributed by atoms with Gasteiger partial charge in [0.15, 0.2) is 0 Å². The molecule has 1 amide bonds. The van der Waals surface area contributed by atoms with Crippen LogP contribution in [0.25, 0.3) is 0 Å². The molecule has 0 saturated heterocycles. The van der Waals surface area contributed by atoms with Crippen LogP contribution < -0.4 is 5.43 Å². The molecule has 0 unspecified atom stereocenters. The number of aromatic hydroxyl groups is 1. The first kappa shape index (κ1) is 23.6. The van der Waals surface area contributed by atoms with E-state index < -0.39 is 15.9 Å². The SMILES string of the molecule is Cc1ccc(S(=O)(=O)N(C)Cc2ccc(C(=O)NN=Cc3cc(Br)ccc3O)cc2)cc1. The minimum Gasteiger partial charge on any atom is -0.507 e. The van der Waals surface area contributed by atoms with Crippen LogP contribution >= 0.6 is 15.9 Å². The van der Waals surface area contributed by atoms with Gasteiger partial charge in [0.25, 0.3) is 5.91 Å². The highest BCUT2D eigenvalue weighted by Crippen LogP contribution is 2.20. The van der Waals surface area contributed by atoms with Crippen molar-refractivity contribution in [2.24, 2.45) is 5.10 Å². The number of nitrogens with one attached hydrogen (secondary N) is 1. The fourth-order valence-corrected chi connectivity index (χ4v) is 4.39. The lowest BCUT2D eigenvalue weighted by atomic mass is 10.1. The van der Waals surface area contributed by atoms with Crippen molar-refractivity contribution in [2.45, 2.75) is 18.4 Å². The standard InChI is InChI=1S/C23H22BrN3O4S/c1-16-3-10-21(11-4-16)32(30,31)27(2)15-17-5-7-18(8-6-17)23(29)26-25-14-19-13-20(24)9-12-22(19)28/h3-14,28H,15H2,1-2H3,(H,26,29). The van der Waals surface area contributed by atoms with Gasteiger partial charge in [-0.25, -0.2) is 13.8 Å². The van der Waals surface area contributed by atoms with E-state index in [2.05, 4.69) is 26.5 Å². The number of phenolic OH excluding ortho intramolecular Hbond substituents is 1. The number of hydrazone groups is 1. The molecule has 0 aliphatic carbocycles. The van der Waals surface area contributed by atoms with Crippen molar-refractivity contribution in [3.63, 3.8) is 0 Å². The minimum absolute atomic E-state index is 0.0419. The van der Waals surface area contributed by atoms with Crippen molar-refractivity contribution in [3.05, 3.63) is 93.5 Å². The molecule has 7 nitrogen and oxygen atoms in total. The number of rotatable bonds is 7. The molecule has 2 N–H and O–H groups in total. The summed E-state index contributed by atoms with van der Waals surface area (Å²) in [5.74, 6) is -0.386. The molecule has 0 heterocycles. The monoisotopic (exact) mass is 515 g/mol. The lowest BCUT2D eigenvalue weighted by molar-refractivity contribution is 0.0955. The lowest BCUT2D eigenvalue weighted by Crippen LogP contribution is -2.26. The van der Waals surface area contributed by atoms with Gasteiger partial charge in [0.2, 0.25) is 10.0 Å². The van der Waals surface area contributed by atoms with E-state index in [1.54, 1.807) is 60.7 Å². The number of halogens is 1. The average molecular weight is 516 g/mol. The van der Waals surface area contributed by atoms with Gasteiger partial charge in [-0.2, -0.15) is 9.41 Å². The number of hydrogen-bond donors (Lipinski definition) is 2. The fourth-order valence-electron chi connectivity index (χ4n) is 2.85. The lowest BCUT2D eigenvalue weighted by Gasteiger charge is -2.17. The Morgan fingerprint density at radius 1 is 1.09 bits per heavy atom. The Bertz CT molecular complexity index is 1240. The number of benzene rings is 3. The number of sulfonamides is 1. The number of hydrogen-bond acceptors (Lipinski definition) is 5. The first-order chi connectivity index (χ1) is 15.2. The predicted molar refractivity (Wildman–Crippen MR) is 127 cm³/mol. The van der Waals surface area contributed by atoms with Gasteiger partial charge < -0.3 is 5.11 Å². The first-order valence-corrected chi connectivity index (χ1v) is 11.8. The molecule has 9 heteroatoms. The van der Waals surface area contributed by atoms with Crippen LogP contribution in [0.1, 0.15) is 27.0 Å². The molecule has 3 aromatic carbocycles. The second-order valence-electron chi connectivity index (χ2n) is 7.17. The number of amides is 1. The van der Waals surface area contributed by atoms with Gasteiger partial charge in [0.05, 0.1) is 11.1 Å². The molecule has 0 fully saturated rings. The van der Waals surface area contributed by atoms with E-state index in [1.165, 1.54) is 23.6 Å². The van der Waals surface area contributed by atoms with Crippen LogP contribution in [0.4, 0.5) is 0 Å². The largest absolute Gasteiger partial charge is 0.507 e. The van der Waals surface area contributed by atoms with Gasteiger partial charge >= 0.3 is 0 Å². The first-order valence-electron chi connectivity index (χ1n) is 9.60. The Morgan fingerprint density at radius 2 is 1.75 bits per heavy atom. The second kappa shape index (κ2) is 10.1. The highest BCUT2D eigenvalue weighted by molar-refractivity contribution is 9.10. The van der Waals surface area contributed by atoms with Crippen molar-refractivity contribution in [3.8, 4) is 5.75 Å². The third-order valence-corrected chi connectivity index (χ3v) is 7.02. The smallest absolute Gasteiger partial charge is 0.271 e. The third kappa shape index (κ3) is 5.82. The third-order valence-electron chi connectivity index (χ3n) is 4.71. The van der Waals surface area contributed by atoms with Crippen molar-refractivity contribution < 1.29 is 18.3 Å². The van der Waals surface area contributed by atoms with Crippen LogP contribution in [-0.2, 0) is 16.6 Å². The maximum absolute atomic E-state index is 12.7. The van der Waals surface area contributed by atoms with E-state index in [4.69, 9.17) is 0 Å². The summed E-state index contributed by atoms with van der Waals surface area (Å²) in [7, 11) is -2.10. The van der Waals surface area contributed by atoms with E-state index in [-0.39, 0.29) is 17.2 Å². The van der Waals surface area contributed by atoms with Gasteiger partial charge in [-0.15, -0.1) is 0 Å². The molecular formula is C23H22BrN3O4S. The van der Waals surface area contributed by atoms with Crippen molar-refractivity contribution in [1.29, 1.82) is 0 Å². The highest BCUT2D eigenvalue weighted by Gasteiger charge is 2.20. The summed E-state index contributed by atoms with van der Waals surface area (Å²) >= 11 is 3.30. The van der Waals surface area contributed by atoms with Crippen molar-refractivity contribution >= 4 is 38.1 Å². The zero-order valence-electron chi connectivity index (χ0n) is 17.5. The summed E-state index contributed by atoms with van der Waals surface area (Å²) in [6, 6.07) is 18.2. The van der Waals surface area contributed by atoms with Gasteiger partial charge in [0, 0.05) is 29.2 Å². The van der Waals surface area contributed by atoms with Crippen molar-refractivity contribution in [2.75, 3.05) is 7.05 Å². The maximum Gasteiger partial charge on any atom is 0.271 e. The molecule has 166 valence electrons. The molecule has 0 bridgehead atoms. The predicted octanol–water partition coefficient (Wildman–Crippen LogP) is 4.05. The summed E-state index contributed by atoms with van der Waals surface area (Å²) in [6.45, 7) is 2.06. The average Bonchev–Trinajstić information content (AvgIpc) is 2.76. The minimum atomic E-state index is -3.61. The summed E-state index contributed by atoms with van der Waals surface area (Å²) in [6.07, 6.45) is 1.34. The number of nitrogens with zero attached hydrogens (tertiary/aromatic N) is 2. The molecule has 0 atom stereocenters. The summed E-state index contributed by atoms with van der Waals surface area (Å²) < 4.78 is 27.5. The van der Waals surface area contributed by atoms with Crippen LogP contribution in [0.2, 0.25) is 0 Å². The molecule has 0 spiro atoms. The molecule has 3 rings (SSSR count). The molecule has 0 saturated carbocycles. The van der Waals surface area contributed by atoms with Crippen LogP contribution in [0.5, 0.6) is 5.75 Å². The number of aryl methyl sites for hydroxylation is 1. The molecular weight excluding hydrogens is 494 g/mol. The Kier molecular flexibility index (Phi) is 7.44. The quantitative estimate of drug-likeness (QED) is 0.366. The molecule has 0 aliphatic rings. The normalized spacial score (nSPS) is 11.8. The highest BCUT2D eigenvalue weighted by atomic mass is 79.9. The Balaban J connectivity index is 1.62. The molecule has 0 aliphatic heterocycles. The van der Waals surface area contributed by atoms with E-state index in [0.717, 1.165) is 15.6 Å². The number of carbonyl (C=O) groups is 1. The van der Waals surface area contributed by atoms with Crippen LogP contribution in [0, 0.1) is 6.92 Å². The topological polar surface area (TPSA) is 99.1 Å². The van der Waals surface area contributed by atoms with Gasteiger partial charge in [-0.1, -0.05) is 45.8 Å². The molecule has 3 aromatic rings. The van der Waals surface area contributed by atoms with Gasteiger partial charge in [-0.3, -0.25) is 4.79 Å². The Labute approximate surface area is 195 Å². The van der Waals surface area contributed by atoms with Crippen LogP contribution in [-0.4, -0.2) is 37.0 Å². The van der Waals surface area contributed by atoms with E-state index in [0.29, 0.717) is 11.1 Å². The van der Waals surface area contributed by atoms with E-state index in [9.17, 15) is 18.3 Å². The molecule has 0 aromatic heterocycles. The van der Waals surface area contributed by atoms with E-state index in [1.807, 2.05) is 6.92 Å². The zero-order valence-corrected chi connectivity index (χ0v) is 19.9. The summed E-state index contributed by atoms with van der Waals surface area (Å²) in [4.78, 5) is 12.5. The van der Waals surface area contributed by atoms with Crippen LogP contribution in [0.15, 0.2) is 81.2 Å².